The summed E-state index contributed by atoms with van der Waals surface area (Å²) in [6.07, 6.45) is 10.0. The summed E-state index contributed by atoms with van der Waals surface area (Å²) in [7, 11) is 3.27. The van der Waals surface area contributed by atoms with Gasteiger partial charge in [-0.25, -0.2) is 4.79 Å². The fourth-order valence-electron chi connectivity index (χ4n) is 5.66. The fraction of sp³-hybridized carbons (Fsp3) is 0.464. The molecular formula is C28H35N3O5. The third-order valence-electron chi connectivity index (χ3n) is 7.59. The summed E-state index contributed by atoms with van der Waals surface area (Å²) < 4.78 is 17.3. The molecule has 0 radical (unpaired) electrons. The minimum Gasteiger partial charge on any atom is -0.495 e. The molecular weight excluding hydrogens is 458 g/mol. The molecule has 1 spiro atoms. The molecule has 3 N–H and O–H groups in total. The molecule has 2 fully saturated rings. The highest BCUT2D eigenvalue weighted by Crippen LogP contribution is 2.42. The second-order valence-electron chi connectivity index (χ2n) is 9.83. The van der Waals surface area contributed by atoms with E-state index in [0.717, 1.165) is 61.3 Å². The van der Waals surface area contributed by atoms with Gasteiger partial charge in [0, 0.05) is 11.6 Å². The zero-order valence-electron chi connectivity index (χ0n) is 21.0. The van der Waals surface area contributed by atoms with E-state index < -0.39 is 11.6 Å². The predicted octanol–water partition coefficient (Wildman–Crippen LogP) is 5.17. The number of methoxy groups -OCH3 is 2. The van der Waals surface area contributed by atoms with Gasteiger partial charge in [0.15, 0.2) is 11.5 Å². The van der Waals surface area contributed by atoms with Crippen LogP contribution in [0.25, 0.3) is 5.70 Å². The van der Waals surface area contributed by atoms with Crippen LogP contribution in [-0.4, -0.2) is 38.0 Å². The van der Waals surface area contributed by atoms with Gasteiger partial charge in [0.05, 0.1) is 31.7 Å². The van der Waals surface area contributed by atoms with Crippen molar-refractivity contribution in [3.8, 4) is 17.2 Å². The Morgan fingerprint density at radius 3 is 2.42 bits per heavy atom. The Balaban J connectivity index is 1.31. The first-order valence-electron chi connectivity index (χ1n) is 12.8. The molecule has 0 aromatic heterocycles. The largest absolute Gasteiger partial charge is 0.495 e. The van der Waals surface area contributed by atoms with Crippen molar-refractivity contribution in [3.63, 3.8) is 0 Å². The second kappa shape index (κ2) is 10.3. The van der Waals surface area contributed by atoms with Crippen molar-refractivity contribution in [1.29, 1.82) is 0 Å². The summed E-state index contributed by atoms with van der Waals surface area (Å²) in [6.45, 7) is 0. The Hall–Kier alpha value is -3.39. The minimum absolute atomic E-state index is 0.0297. The summed E-state index contributed by atoms with van der Waals surface area (Å²) in [5, 5.41) is 0. The number of carbonyl (C=O) groups is 1. The number of ether oxygens (including phenoxy) is 3. The van der Waals surface area contributed by atoms with Crippen LogP contribution in [0.5, 0.6) is 17.2 Å². The van der Waals surface area contributed by atoms with E-state index in [1.165, 1.54) is 12.8 Å². The third kappa shape index (κ3) is 4.82. The van der Waals surface area contributed by atoms with E-state index in [-0.39, 0.29) is 12.1 Å². The molecule has 8 nitrogen and oxygen atoms in total. The van der Waals surface area contributed by atoms with E-state index in [1.807, 2.05) is 42.5 Å². The Bertz CT molecular complexity index is 1120. The van der Waals surface area contributed by atoms with E-state index in [4.69, 9.17) is 24.8 Å². The number of nitrogens with two attached hydrogens (primary N) is 1. The first-order valence-corrected chi connectivity index (χ1v) is 12.8. The lowest BCUT2D eigenvalue weighted by atomic mass is 9.81. The third-order valence-corrected chi connectivity index (χ3v) is 7.59. The number of carbonyl (C=O) groups excluding carboxylic acids is 1. The molecule has 2 aliphatic carbocycles. The molecule has 36 heavy (non-hydrogen) atoms. The molecule has 5 rings (SSSR count). The van der Waals surface area contributed by atoms with Gasteiger partial charge in [-0.2, -0.15) is 0 Å². The van der Waals surface area contributed by atoms with Crippen LogP contribution < -0.4 is 30.3 Å². The second-order valence-corrected chi connectivity index (χ2v) is 9.83. The molecule has 0 saturated heterocycles. The lowest BCUT2D eigenvalue weighted by molar-refractivity contribution is -0.0581. The Labute approximate surface area is 212 Å². The molecule has 2 saturated carbocycles. The Morgan fingerprint density at radius 2 is 1.72 bits per heavy atom. The SMILES string of the molecule is COc1ccc(C2=CC3(CCC(N(C(N)=O)c4ccccc4OC)CC3)ON2)cc1OC1CCCC1. The van der Waals surface area contributed by atoms with Crippen molar-refractivity contribution >= 4 is 17.4 Å². The standard InChI is InChI=1S/C28H35N3O5/c1-33-24-10-6-5-9-23(24)31(27(29)32)20-13-15-28(16-14-20)18-22(30-36-28)19-11-12-25(34-2)26(17-19)35-21-7-3-4-8-21/h5-6,9-12,17-18,20-21,30H,3-4,7-8,13-16H2,1-2H3,(H2,29,32). The van der Waals surface area contributed by atoms with Crippen molar-refractivity contribution in [2.24, 2.45) is 5.73 Å². The number of rotatable bonds is 7. The zero-order chi connectivity index (χ0) is 25.1. The normalized spacial score (nSPS) is 23.7. The monoisotopic (exact) mass is 493 g/mol. The van der Waals surface area contributed by atoms with E-state index in [0.29, 0.717) is 11.4 Å². The molecule has 0 unspecified atom stereocenters. The van der Waals surface area contributed by atoms with Gasteiger partial charge in [-0.05, 0) is 87.8 Å². The van der Waals surface area contributed by atoms with Crippen molar-refractivity contribution in [2.45, 2.75) is 69.1 Å². The first-order chi connectivity index (χ1) is 17.5. The van der Waals surface area contributed by atoms with Crippen LogP contribution in [0, 0.1) is 0 Å². The van der Waals surface area contributed by atoms with Crippen LogP contribution in [0.3, 0.4) is 0 Å². The number of hydrogen-bond donors (Lipinski definition) is 2. The van der Waals surface area contributed by atoms with Crippen molar-refractivity contribution in [1.82, 2.24) is 5.48 Å². The van der Waals surface area contributed by atoms with Gasteiger partial charge in [-0.15, -0.1) is 0 Å². The molecule has 0 atom stereocenters. The van der Waals surface area contributed by atoms with Gasteiger partial charge in [0.1, 0.15) is 11.4 Å². The van der Waals surface area contributed by atoms with Gasteiger partial charge in [-0.3, -0.25) is 15.2 Å². The predicted molar refractivity (Wildman–Crippen MR) is 138 cm³/mol. The highest BCUT2D eigenvalue weighted by Gasteiger charge is 2.42. The summed E-state index contributed by atoms with van der Waals surface area (Å²) in [5.41, 5.74) is 11.1. The van der Waals surface area contributed by atoms with Gasteiger partial charge < -0.3 is 19.9 Å². The zero-order valence-corrected chi connectivity index (χ0v) is 21.0. The number of benzene rings is 2. The van der Waals surface area contributed by atoms with E-state index in [9.17, 15) is 4.79 Å². The molecule has 0 bridgehead atoms. The molecule has 192 valence electrons. The number of hydroxylamine groups is 1. The number of amides is 2. The highest BCUT2D eigenvalue weighted by molar-refractivity contribution is 5.93. The van der Waals surface area contributed by atoms with E-state index in [2.05, 4.69) is 11.6 Å². The van der Waals surface area contributed by atoms with Crippen LogP contribution in [0.15, 0.2) is 48.5 Å². The molecule has 2 amide bonds. The molecule has 3 aliphatic rings. The lowest BCUT2D eigenvalue weighted by Gasteiger charge is -2.39. The van der Waals surface area contributed by atoms with Crippen LogP contribution >= 0.6 is 0 Å². The maximum Gasteiger partial charge on any atom is 0.319 e. The van der Waals surface area contributed by atoms with Crippen LogP contribution in [0.1, 0.15) is 56.9 Å². The molecule has 2 aromatic rings. The maximum absolute atomic E-state index is 12.4. The topological polar surface area (TPSA) is 95.3 Å². The van der Waals surface area contributed by atoms with E-state index >= 15 is 0 Å². The Morgan fingerprint density at radius 1 is 1.00 bits per heavy atom. The number of nitrogens with zero attached hydrogens (tertiary/aromatic N) is 1. The van der Waals surface area contributed by atoms with Gasteiger partial charge in [0.25, 0.3) is 0 Å². The van der Waals surface area contributed by atoms with Crippen molar-refractivity contribution < 1.29 is 23.8 Å². The summed E-state index contributed by atoms with van der Waals surface area (Å²) in [4.78, 5) is 20.2. The van der Waals surface area contributed by atoms with Crippen molar-refractivity contribution in [2.75, 3.05) is 19.1 Å². The number of hydrogen-bond acceptors (Lipinski definition) is 6. The Kier molecular flexibility index (Phi) is 6.96. The molecule has 1 aliphatic heterocycles. The average molecular weight is 494 g/mol. The molecule has 2 aromatic carbocycles. The molecule has 1 heterocycles. The first kappa shape index (κ1) is 24.3. The van der Waals surface area contributed by atoms with Gasteiger partial charge in [0.2, 0.25) is 0 Å². The summed E-state index contributed by atoms with van der Waals surface area (Å²) >= 11 is 0. The van der Waals surface area contributed by atoms with E-state index in [1.54, 1.807) is 19.1 Å². The number of primary amides is 1. The highest BCUT2D eigenvalue weighted by atomic mass is 16.7. The number of urea groups is 1. The summed E-state index contributed by atoms with van der Waals surface area (Å²) in [5.74, 6) is 2.14. The quantitative estimate of drug-likeness (QED) is 0.553. The average Bonchev–Trinajstić information content (AvgIpc) is 3.56. The van der Waals surface area contributed by atoms with Gasteiger partial charge >= 0.3 is 6.03 Å². The van der Waals surface area contributed by atoms with Crippen LogP contribution in [-0.2, 0) is 4.84 Å². The maximum atomic E-state index is 12.4. The number of para-hydroxylation sites is 2. The number of nitrogens with one attached hydrogen (secondary N) is 1. The summed E-state index contributed by atoms with van der Waals surface area (Å²) in [6, 6.07) is 13.0. The minimum atomic E-state index is -0.477. The number of anilines is 1. The lowest BCUT2D eigenvalue weighted by Crippen LogP contribution is -2.48. The smallest absolute Gasteiger partial charge is 0.319 e. The van der Waals surface area contributed by atoms with Gasteiger partial charge in [-0.1, -0.05) is 12.1 Å². The fourth-order valence-corrected chi connectivity index (χ4v) is 5.66. The van der Waals surface area contributed by atoms with Crippen LogP contribution in [0.2, 0.25) is 0 Å². The molecule has 8 heteroatoms. The van der Waals surface area contributed by atoms with Crippen molar-refractivity contribution in [3.05, 3.63) is 54.1 Å². The van der Waals surface area contributed by atoms with Crippen LogP contribution in [0.4, 0.5) is 10.5 Å².